The number of nitrogens with zero attached hydrogens (tertiary/aromatic N) is 1. The summed E-state index contributed by atoms with van der Waals surface area (Å²) in [6, 6.07) is 17.7. The number of hydrogen-bond acceptors (Lipinski definition) is 7. The number of imide groups is 1. The van der Waals surface area contributed by atoms with E-state index in [1.54, 1.807) is 25.1 Å². The van der Waals surface area contributed by atoms with Crippen molar-refractivity contribution in [1.29, 1.82) is 0 Å². The number of methoxy groups -OCH3 is 2. The van der Waals surface area contributed by atoms with E-state index in [0.717, 1.165) is 5.56 Å². The number of hydrogen-bond donors (Lipinski definition) is 1. The minimum Gasteiger partial charge on any atom is -0.497 e. The van der Waals surface area contributed by atoms with Crippen molar-refractivity contribution >= 4 is 29.4 Å². The summed E-state index contributed by atoms with van der Waals surface area (Å²) in [7, 11) is 2.95. The lowest BCUT2D eigenvalue weighted by Crippen LogP contribution is -2.32. The molecule has 3 aromatic carbocycles. The lowest BCUT2D eigenvalue weighted by atomic mass is 10.1. The molecule has 1 heterocycles. The Bertz CT molecular complexity index is 1340. The van der Waals surface area contributed by atoms with Crippen molar-refractivity contribution < 1.29 is 33.4 Å². The molecule has 0 radical (unpaired) electrons. The van der Waals surface area contributed by atoms with E-state index in [1.807, 2.05) is 30.3 Å². The monoisotopic (exact) mass is 488 g/mol. The summed E-state index contributed by atoms with van der Waals surface area (Å²) in [6.45, 7) is 1.20. The molecule has 0 saturated heterocycles. The molecule has 0 spiro atoms. The average Bonchev–Trinajstić information content (AvgIpc) is 3.16. The number of amides is 3. The minimum atomic E-state index is -0.805. The zero-order valence-corrected chi connectivity index (χ0v) is 19.9. The zero-order chi connectivity index (χ0) is 25.8. The highest BCUT2D eigenvalue weighted by molar-refractivity contribution is 6.22. The van der Waals surface area contributed by atoms with Crippen molar-refractivity contribution in [3.05, 3.63) is 89.0 Å². The van der Waals surface area contributed by atoms with Crippen LogP contribution in [0.15, 0.2) is 66.7 Å². The smallest absolute Gasteiger partial charge is 0.338 e. The first kappa shape index (κ1) is 24.5. The summed E-state index contributed by atoms with van der Waals surface area (Å²) in [5.74, 6) is -1.41. The van der Waals surface area contributed by atoms with Gasteiger partial charge in [-0.25, -0.2) is 4.79 Å². The van der Waals surface area contributed by atoms with Crippen molar-refractivity contribution in [3.8, 4) is 11.5 Å². The van der Waals surface area contributed by atoms with Crippen LogP contribution in [-0.4, -0.2) is 49.4 Å². The van der Waals surface area contributed by atoms with E-state index in [4.69, 9.17) is 14.2 Å². The van der Waals surface area contributed by atoms with Crippen LogP contribution in [0.4, 0.5) is 5.69 Å². The van der Waals surface area contributed by atoms with E-state index < -0.39 is 36.3 Å². The first-order chi connectivity index (χ1) is 17.3. The Morgan fingerprint density at radius 2 is 1.61 bits per heavy atom. The molecule has 0 fully saturated rings. The molecule has 184 valence electrons. The van der Waals surface area contributed by atoms with Gasteiger partial charge >= 0.3 is 5.97 Å². The van der Waals surface area contributed by atoms with E-state index in [-0.39, 0.29) is 16.7 Å². The topological polar surface area (TPSA) is 111 Å². The maximum atomic E-state index is 13.0. The summed E-state index contributed by atoms with van der Waals surface area (Å²) in [5.41, 5.74) is 1.54. The second-order valence-corrected chi connectivity index (χ2v) is 8.02. The minimum absolute atomic E-state index is 0.0517. The fourth-order valence-corrected chi connectivity index (χ4v) is 3.93. The summed E-state index contributed by atoms with van der Waals surface area (Å²) in [4.78, 5) is 52.1. The second-order valence-electron chi connectivity index (χ2n) is 8.02. The molecule has 0 bridgehead atoms. The molecule has 1 N–H and O–H groups in total. The molecular formula is C27H24N2O7. The summed E-state index contributed by atoms with van der Waals surface area (Å²) < 4.78 is 15.5. The predicted molar refractivity (Wildman–Crippen MR) is 130 cm³/mol. The van der Waals surface area contributed by atoms with Crippen molar-refractivity contribution in [2.45, 2.75) is 13.0 Å². The van der Waals surface area contributed by atoms with Crippen LogP contribution in [-0.2, 0) is 9.53 Å². The van der Waals surface area contributed by atoms with E-state index in [2.05, 4.69) is 5.32 Å². The Morgan fingerprint density at radius 3 is 2.31 bits per heavy atom. The average molecular weight is 488 g/mol. The second kappa shape index (κ2) is 10.3. The van der Waals surface area contributed by atoms with Crippen LogP contribution in [0.5, 0.6) is 11.5 Å². The van der Waals surface area contributed by atoms with Gasteiger partial charge in [-0.3, -0.25) is 19.3 Å². The summed E-state index contributed by atoms with van der Waals surface area (Å²) in [6.07, 6.45) is 0. The van der Waals surface area contributed by atoms with Gasteiger partial charge in [-0.2, -0.15) is 0 Å². The van der Waals surface area contributed by atoms with Crippen LogP contribution in [0.25, 0.3) is 0 Å². The van der Waals surface area contributed by atoms with Crippen LogP contribution < -0.4 is 14.8 Å². The van der Waals surface area contributed by atoms with Gasteiger partial charge in [0.25, 0.3) is 17.7 Å². The van der Waals surface area contributed by atoms with Gasteiger partial charge < -0.3 is 19.5 Å². The first-order valence-corrected chi connectivity index (χ1v) is 11.1. The lowest BCUT2D eigenvalue weighted by Gasteiger charge is -2.22. The first-order valence-electron chi connectivity index (χ1n) is 11.1. The molecule has 0 aromatic heterocycles. The third-order valence-electron chi connectivity index (χ3n) is 5.84. The normalized spacial score (nSPS) is 13.1. The number of benzene rings is 3. The quantitative estimate of drug-likeness (QED) is 0.379. The van der Waals surface area contributed by atoms with E-state index >= 15 is 0 Å². The number of fused-ring (bicyclic) bond motifs is 1. The van der Waals surface area contributed by atoms with Crippen LogP contribution in [0.3, 0.4) is 0 Å². The lowest BCUT2D eigenvalue weighted by molar-refractivity contribution is -0.119. The predicted octanol–water partition coefficient (Wildman–Crippen LogP) is 3.86. The molecular weight excluding hydrogens is 464 g/mol. The maximum absolute atomic E-state index is 13.0. The highest BCUT2D eigenvalue weighted by Crippen LogP contribution is 2.32. The Labute approximate surface area is 207 Å². The molecule has 36 heavy (non-hydrogen) atoms. The Kier molecular flexibility index (Phi) is 7.00. The van der Waals surface area contributed by atoms with Gasteiger partial charge in [0, 0.05) is 6.07 Å². The number of carbonyl (C=O) groups is 4. The van der Waals surface area contributed by atoms with Crippen molar-refractivity contribution in [3.63, 3.8) is 0 Å². The largest absolute Gasteiger partial charge is 0.497 e. The number of esters is 1. The maximum Gasteiger partial charge on any atom is 0.338 e. The number of rotatable bonds is 8. The van der Waals surface area contributed by atoms with Gasteiger partial charge in [-0.15, -0.1) is 0 Å². The number of anilines is 1. The van der Waals surface area contributed by atoms with Crippen LogP contribution >= 0.6 is 0 Å². The van der Waals surface area contributed by atoms with Gasteiger partial charge in [0.1, 0.15) is 11.5 Å². The zero-order valence-electron chi connectivity index (χ0n) is 19.9. The third-order valence-corrected chi connectivity index (χ3v) is 5.84. The Morgan fingerprint density at radius 1 is 0.889 bits per heavy atom. The molecule has 4 rings (SSSR count). The van der Waals surface area contributed by atoms with E-state index in [9.17, 15) is 19.2 Å². The van der Waals surface area contributed by atoms with Crippen molar-refractivity contribution in [2.75, 3.05) is 26.1 Å². The molecule has 3 aromatic rings. The number of nitrogens with one attached hydrogen (secondary N) is 1. The third kappa shape index (κ3) is 4.76. The van der Waals surface area contributed by atoms with Gasteiger partial charge in [-0.1, -0.05) is 30.3 Å². The molecule has 1 aliphatic rings. The van der Waals surface area contributed by atoms with E-state index in [0.29, 0.717) is 17.2 Å². The molecule has 9 nitrogen and oxygen atoms in total. The number of carbonyl (C=O) groups excluding carboxylic acids is 4. The Hall–Kier alpha value is -4.66. The SMILES string of the molecule is COc1ccc(OC)c(NC(=O)COC(=O)c2ccc3c(c2)C(=O)N([C@H](C)c2ccccc2)C3=O)c1. The van der Waals surface area contributed by atoms with Gasteiger partial charge in [0.05, 0.1) is 42.6 Å². The molecule has 9 heteroatoms. The molecule has 3 amide bonds. The van der Waals surface area contributed by atoms with Crippen LogP contribution in [0.2, 0.25) is 0 Å². The fraction of sp³-hybridized carbons (Fsp3) is 0.185. The van der Waals surface area contributed by atoms with Gasteiger partial charge in [-0.05, 0) is 42.8 Å². The van der Waals surface area contributed by atoms with Gasteiger partial charge in [0.2, 0.25) is 0 Å². The molecule has 0 aliphatic carbocycles. The standard InChI is InChI=1S/C27H24N2O7/c1-16(17-7-5-4-6-8-17)29-25(31)20-11-9-18(13-21(20)26(29)32)27(33)36-15-24(30)28-22-14-19(34-2)10-12-23(22)35-3/h4-14,16H,15H2,1-3H3,(H,28,30)/t16-/m1/s1. The Balaban J connectivity index is 1.43. The number of ether oxygens (including phenoxy) is 3. The van der Waals surface area contributed by atoms with Crippen LogP contribution in [0, 0.1) is 0 Å². The molecule has 1 atom stereocenters. The highest BCUT2D eigenvalue weighted by Gasteiger charge is 2.39. The molecule has 0 saturated carbocycles. The van der Waals surface area contributed by atoms with Crippen LogP contribution in [0.1, 0.15) is 49.6 Å². The van der Waals surface area contributed by atoms with Crippen molar-refractivity contribution in [2.24, 2.45) is 0 Å². The van der Waals surface area contributed by atoms with E-state index in [1.165, 1.54) is 37.3 Å². The van der Waals surface area contributed by atoms with Gasteiger partial charge in [0.15, 0.2) is 6.61 Å². The van der Waals surface area contributed by atoms with Crippen molar-refractivity contribution in [1.82, 2.24) is 4.90 Å². The molecule has 0 unspecified atom stereocenters. The molecule has 1 aliphatic heterocycles. The fourth-order valence-electron chi connectivity index (χ4n) is 3.93. The summed E-state index contributed by atoms with van der Waals surface area (Å²) >= 11 is 0. The summed E-state index contributed by atoms with van der Waals surface area (Å²) in [5, 5.41) is 2.60. The highest BCUT2D eigenvalue weighted by atomic mass is 16.5.